The first-order valence-corrected chi connectivity index (χ1v) is 9.87. The average molecular weight is 417 g/mol. The standard InChI is InChI=1S/C22H27NO7/c1-4-27-20(25)10-7-11-29-17-9-6-8-16-13-18(30-22(16)17)15(3)12-19(24)23-14-21(26)28-5-2/h6,8-9,12-13H,4-5,7,10-11,14H2,1-3H3,(H,23,24). The number of carbonyl (C=O) groups is 3. The zero-order valence-electron chi connectivity index (χ0n) is 17.5. The van der Waals surface area contributed by atoms with Gasteiger partial charge in [0, 0.05) is 17.9 Å². The Kier molecular flexibility index (Phi) is 8.93. The Hall–Kier alpha value is -3.29. The molecule has 0 aliphatic heterocycles. The number of allylic oxidation sites excluding steroid dienone is 1. The van der Waals surface area contributed by atoms with Gasteiger partial charge in [-0.25, -0.2) is 0 Å². The maximum atomic E-state index is 12.0. The van der Waals surface area contributed by atoms with Gasteiger partial charge in [-0.1, -0.05) is 12.1 Å². The number of carbonyl (C=O) groups excluding carboxylic acids is 3. The molecule has 0 aliphatic carbocycles. The van der Waals surface area contributed by atoms with E-state index in [0.717, 1.165) is 5.39 Å². The van der Waals surface area contributed by atoms with E-state index in [1.54, 1.807) is 26.8 Å². The molecule has 1 aromatic heterocycles. The molecule has 0 fully saturated rings. The number of esters is 2. The van der Waals surface area contributed by atoms with Crippen molar-refractivity contribution in [3.63, 3.8) is 0 Å². The molecule has 0 unspecified atom stereocenters. The highest BCUT2D eigenvalue weighted by Crippen LogP contribution is 2.31. The lowest BCUT2D eigenvalue weighted by atomic mass is 10.2. The van der Waals surface area contributed by atoms with E-state index in [4.69, 9.17) is 18.6 Å². The van der Waals surface area contributed by atoms with E-state index in [-0.39, 0.29) is 25.5 Å². The maximum absolute atomic E-state index is 12.0. The molecule has 0 saturated heterocycles. The van der Waals surface area contributed by atoms with Gasteiger partial charge >= 0.3 is 11.9 Å². The van der Waals surface area contributed by atoms with Crippen LogP contribution in [-0.4, -0.2) is 44.2 Å². The fourth-order valence-corrected chi connectivity index (χ4v) is 2.67. The summed E-state index contributed by atoms with van der Waals surface area (Å²) < 4.78 is 21.3. The molecule has 1 aromatic carbocycles. The first-order chi connectivity index (χ1) is 14.4. The zero-order valence-corrected chi connectivity index (χ0v) is 17.5. The molecular formula is C22H27NO7. The van der Waals surface area contributed by atoms with Crippen LogP contribution in [0.1, 0.15) is 39.4 Å². The van der Waals surface area contributed by atoms with Crippen molar-refractivity contribution in [2.75, 3.05) is 26.4 Å². The Labute approximate surface area is 175 Å². The first-order valence-electron chi connectivity index (χ1n) is 9.87. The van der Waals surface area contributed by atoms with Crippen LogP contribution in [-0.2, 0) is 23.9 Å². The number of hydrogen-bond acceptors (Lipinski definition) is 7. The number of amides is 1. The molecule has 0 spiro atoms. The molecule has 162 valence electrons. The summed E-state index contributed by atoms with van der Waals surface area (Å²) in [4.78, 5) is 34.7. The molecule has 30 heavy (non-hydrogen) atoms. The lowest BCUT2D eigenvalue weighted by molar-refractivity contribution is -0.143. The van der Waals surface area contributed by atoms with Gasteiger partial charge in [0.25, 0.3) is 0 Å². The molecule has 1 amide bonds. The highest BCUT2D eigenvalue weighted by molar-refractivity contribution is 5.97. The van der Waals surface area contributed by atoms with Crippen LogP contribution >= 0.6 is 0 Å². The number of furan rings is 1. The van der Waals surface area contributed by atoms with Gasteiger partial charge in [0.15, 0.2) is 11.3 Å². The van der Waals surface area contributed by atoms with Crippen molar-refractivity contribution in [3.05, 3.63) is 36.1 Å². The summed E-state index contributed by atoms with van der Waals surface area (Å²) in [6.07, 6.45) is 2.18. The smallest absolute Gasteiger partial charge is 0.325 e. The average Bonchev–Trinajstić information content (AvgIpc) is 3.15. The largest absolute Gasteiger partial charge is 0.490 e. The Morgan fingerprint density at radius 3 is 2.57 bits per heavy atom. The molecule has 0 atom stereocenters. The molecule has 1 heterocycles. The summed E-state index contributed by atoms with van der Waals surface area (Å²) in [6, 6.07) is 7.31. The second-order valence-electron chi connectivity index (χ2n) is 6.39. The summed E-state index contributed by atoms with van der Waals surface area (Å²) in [7, 11) is 0. The number of para-hydroxylation sites is 1. The second-order valence-corrected chi connectivity index (χ2v) is 6.39. The number of rotatable bonds is 11. The maximum Gasteiger partial charge on any atom is 0.325 e. The number of nitrogens with one attached hydrogen (secondary N) is 1. The lowest BCUT2D eigenvalue weighted by Crippen LogP contribution is -2.29. The third kappa shape index (κ3) is 6.95. The van der Waals surface area contributed by atoms with Crippen LogP contribution in [0.2, 0.25) is 0 Å². The van der Waals surface area contributed by atoms with Crippen LogP contribution in [0.3, 0.4) is 0 Å². The minimum absolute atomic E-state index is 0.194. The van der Waals surface area contributed by atoms with Crippen LogP contribution in [0.25, 0.3) is 16.5 Å². The SMILES string of the molecule is CCOC(=O)CCCOc1cccc2cc(C(C)=CC(=O)NCC(=O)OCC)oc12. The van der Waals surface area contributed by atoms with Gasteiger partial charge in [0.2, 0.25) is 5.91 Å². The predicted octanol–water partition coefficient (Wildman–Crippen LogP) is 3.24. The van der Waals surface area contributed by atoms with E-state index in [2.05, 4.69) is 5.32 Å². The van der Waals surface area contributed by atoms with Crippen molar-refractivity contribution in [1.29, 1.82) is 0 Å². The monoisotopic (exact) mass is 417 g/mol. The van der Waals surface area contributed by atoms with E-state index in [1.807, 2.05) is 18.2 Å². The van der Waals surface area contributed by atoms with Crippen molar-refractivity contribution in [3.8, 4) is 5.75 Å². The lowest BCUT2D eigenvalue weighted by Gasteiger charge is -2.06. The van der Waals surface area contributed by atoms with Gasteiger partial charge in [-0.15, -0.1) is 0 Å². The quantitative estimate of drug-likeness (QED) is 0.340. The molecule has 8 nitrogen and oxygen atoms in total. The van der Waals surface area contributed by atoms with Gasteiger partial charge in [-0.05, 0) is 44.9 Å². The highest BCUT2D eigenvalue weighted by atomic mass is 16.5. The number of hydrogen-bond donors (Lipinski definition) is 1. The fourth-order valence-electron chi connectivity index (χ4n) is 2.67. The van der Waals surface area contributed by atoms with Crippen LogP contribution in [0.15, 0.2) is 34.8 Å². The van der Waals surface area contributed by atoms with Crippen molar-refractivity contribution in [2.45, 2.75) is 33.6 Å². The van der Waals surface area contributed by atoms with E-state index < -0.39 is 11.9 Å². The van der Waals surface area contributed by atoms with Crippen LogP contribution in [0, 0.1) is 0 Å². The van der Waals surface area contributed by atoms with E-state index in [1.165, 1.54) is 6.08 Å². The normalized spacial score (nSPS) is 11.2. The van der Waals surface area contributed by atoms with Crippen LogP contribution in [0.5, 0.6) is 5.75 Å². The minimum atomic E-state index is -0.495. The van der Waals surface area contributed by atoms with Gasteiger partial charge in [0.1, 0.15) is 12.3 Å². The minimum Gasteiger partial charge on any atom is -0.490 e. The second kappa shape index (κ2) is 11.6. The summed E-state index contributed by atoms with van der Waals surface area (Å²) in [6.45, 7) is 5.98. The Balaban J connectivity index is 2.00. The summed E-state index contributed by atoms with van der Waals surface area (Å²) in [5.74, 6) is -0.0931. The molecule has 2 aromatic rings. The number of benzene rings is 1. The van der Waals surface area contributed by atoms with E-state index >= 15 is 0 Å². The van der Waals surface area contributed by atoms with Gasteiger partial charge in [-0.3, -0.25) is 14.4 Å². The molecule has 0 aliphatic rings. The highest BCUT2D eigenvalue weighted by Gasteiger charge is 2.12. The summed E-state index contributed by atoms with van der Waals surface area (Å²) in [5, 5.41) is 3.30. The van der Waals surface area contributed by atoms with Gasteiger partial charge in [-0.2, -0.15) is 0 Å². The van der Waals surface area contributed by atoms with Crippen LogP contribution in [0.4, 0.5) is 0 Å². The molecule has 8 heteroatoms. The Morgan fingerprint density at radius 1 is 1.10 bits per heavy atom. The molecular weight excluding hydrogens is 390 g/mol. The predicted molar refractivity (Wildman–Crippen MR) is 111 cm³/mol. The third-order valence-electron chi connectivity index (χ3n) is 4.04. The number of fused-ring (bicyclic) bond motifs is 1. The fraction of sp³-hybridized carbons (Fsp3) is 0.409. The molecule has 0 saturated carbocycles. The molecule has 0 radical (unpaired) electrons. The zero-order chi connectivity index (χ0) is 21.9. The van der Waals surface area contributed by atoms with E-state index in [9.17, 15) is 14.4 Å². The van der Waals surface area contributed by atoms with Crippen molar-refractivity contribution < 1.29 is 33.0 Å². The topological polar surface area (TPSA) is 104 Å². The van der Waals surface area contributed by atoms with Gasteiger partial charge < -0.3 is 23.9 Å². The van der Waals surface area contributed by atoms with Crippen molar-refractivity contribution in [1.82, 2.24) is 5.32 Å². The molecule has 1 N–H and O–H groups in total. The van der Waals surface area contributed by atoms with E-state index in [0.29, 0.717) is 42.3 Å². The molecule has 2 rings (SSSR count). The van der Waals surface area contributed by atoms with Crippen molar-refractivity contribution >= 4 is 34.4 Å². The molecule has 0 bridgehead atoms. The Bertz CT molecular complexity index is 913. The Morgan fingerprint density at radius 2 is 1.83 bits per heavy atom. The van der Waals surface area contributed by atoms with Crippen LogP contribution < -0.4 is 10.1 Å². The summed E-state index contributed by atoms with van der Waals surface area (Å²) >= 11 is 0. The third-order valence-corrected chi connectivity index (χ3v) is 4.04. The summed E-state index contributed by atoms with van der Waals surface area (Å²) in [5.41, 5.74) is 1.16. The number of ether oxygens (including phenoxy) is 3. The first kappa shape index (κ1) is 23.0. The van der Waals surface area contributed by atoms with Crippen molar-refractivity contribution in [2.24, 2.45) is 0 Å². The van der Waals surface area contributed by atoms with Gasteiger partial charge in [0.05, 0.1) is 19.8 Å².